The predicted molar refractivity (Wildman–Crippen MR) is 66.9 cm³/mol. The van der Waals surface area contributed by atoms with Gasteiger partial charge in [0.1, 0.15) is 17.5 Å². The fourth-order valence-corrected chi connectivity index (χ4v) is 1.95. The molecule has 0 bridgehead atoms. The van der Waals surface area contributed by atoms with Crippen LogP contribution >= 0.6 is 0 Å². The minimum Gasteiger partial charge on any atom is -0.258 e. The Morgan fingerprint density at radius 2 is 2.11 bits per heavy atom. The zero-order chi connectivity index (χ0) is 14.2. The topological polar surface area (TPSA) is 97.6 Å². The Hall–Kier alpha value is -2.75. The van der Waals surface area contributed by atoms with Crippen LogP contribution in [0.25, 0.3) is 5.82 Å². The van der Waals surface area contributed by atoms with Gasteiger partial charge in [0.2, 0.25) is 0 Å². The van der Waals surface area contributed by atoms with Gasteiger partial charge in [0.15, 0.2) is 5.82 Å². The Labute approximate surface area is 109 Å². The van der Waals surface area contributed by atoms with Gasteiger partial charge in [-0.1, -0.05) is 0 Å². The minimum absolute atomic E-state index is 0.0489. The second kappa shape index (κ2) is 4.49. The highest BCUT2D eigenvalue weighted by Gasteiger charge is 2.24. The minimum atomic E-state index is -0.476. The summed E-state index contributed by atoms with van der Waals surface area (Å²) >= 11 is 0. The molecule has 19 heavy (non-hydrogen) atoms. The van der Waals surface area contributed by atoms with Crippen molar-refractivity contribution in [2.24, 2.45) is 0 Å². The van der Waals surface area contributed by atoms with Gasteiger partial charge >= 0.3 is 5.69 Å². The second-order valence-corrected chi connectivity index (χ2v) is 4.13. The highest BCUT2D eigenvalue weighted by Crippen LogP contribution is 2.25. The summed E-state index contributed by atoms with van der Waals surface area (Å²) in [5, 5.41) is 24.3. The first kappa shape index (κ1) is 12.7. The molecule has 2 aromatic rings. The third kappa shape index (κ3) is 1.93. The molecule has 0 radical (unpaired) electrons. The van der Waals surface area contributed by atoms with E-state index in [-0.39, 0.29) is 5.69 Å². The number of hydrogen-bond donors (Lipinski definition) is 0. The van der Waals surface area contributed by atoms with Crippen molar-refractivity contribution in [3.63, 3.8) is 0 Å². The molecule has 96 valence electrons. The normalized spacial score (nSPS) is 10.2. The van der Waals surface area contributed by atoms with E-state index in [1.54, 1.807) is 33.0 Å². The Morgan fingerprint density at radius 1 is 1.42 bits per heavy atom. The van der Waals surface area contributed by atoms with Crippen LogP contribution in [0.1, 0.15) is 22.5 Å². The van der Waals surface area contributed by atoms with Crippen LogP contribution < -0.4 is 0 Å². The van der Waals surface area contributed by atoms with Gasteiger partial charge in [-0.2, -0.15) is 10.4 Å². The van der Waals surface area contributed by atoms with Crippen molar-refractivity contribution in [3.05, 3.63) is 44.9 Å². The summed E-state index contributed by atoms with van der Waals surface area (Å²) in [6.07, 6.45) is 1.55. The molecule has 0 unspecified atom stereocenters. The van der Waals surface area contributed by atoms with Crippen molar-refractivity contribution in [1.29, 1.82) is 5.26 Å². The molecule has 7 nitrogen and oxygen atoms in total. The summed E-state index contributed by atoms with van der Waals surface area (Å²) in [5.74, 6) is 0.316. The maximum absolute atomic E-state index is 11.0. The van der Waals surface area contributed by atoms with Gasteiger partial charge in [0.25, 0.3) is 0 Å². The zero-order valence-electron chi connectivity index (χ0n) is 10.7. The first-order chi connectivity index (χ1) is 8.97. The lowest BCUT2D eigenvalue weighted by Gasteiger charge is -2.06. The summed E-state index contributed by atoms with van der Waals surface area (Å²) in [6, 6.07) is 3.76. The number of aromatic nitrogens is 3. The number of pyridine rings is 1. The molecular weight excluding hydrogens is 246 g/mol. The number of aryl methyl sites for hydroxylation is 2. The molecule has 0 aromatic carbocycles. The zero-order valence-corrected chi connectivity index (χ0v) is 10.7. The molecule has 0 aliphatic rings. The molecule has 0 spiro atoms. The van der Waals surface area contributed by atoms with Crippen LogP contribution in [-0.2, 0) is 0 Å². The Kier molecular flexibility index (Phi) is 3.00. The van der Waals surface area contributed by atoms with E-state index in [0.29, 0.717) is 22.8 Å². The summed E-state index contributed by atoms with van der Waals surface area (Å²) < 4.78 is 1.35. The molecule has 0 aliphatic carbocycles. The van der Waals surface area contributed by atoms with Crippen molar-refractivity contribution in [2.45, 2.75) is 20.8 Å². The van der Waals surface area contributed by atoms with Gasteiger partial charge in [0, 0.05) is 6.20 Å². The monoisotopic (exact) mass is 257 g/mol. The molecule has 0 saturated carbocycles. The molecule has 7 heteroatoms. The van der Waals surface area contributed by atoms with E-state index in [2.05, 4.69) is 16.2 Å². The Balaban J connectivity index is 2.75. The smallest absolute Gasteiger partial charge is 0.258 e. The highest BCUT2D eigenvalue weighted by atomic mass is 16.6. The second-order valence-electron chi connectivity index (χ2n) is 4.13. The highest BCUT2D eigenvalue weighted by molar-refractivity contribution is 5.51. The van der Waals surface area contributed by atoms with Crippen LogP contribution in [0.3, 0.4) is 0 Å². The van der Waals surface area contributed by atoms with E-state index in [9.17, 15) is 15.4 Å². The molecule has 0 saturated heterocycles. The third-order valence-corrected chi connectivity index (χ3v) is 2.89. The number of hydrogen-bond acceptors (Lipinski definition) is 5. The van der Waals surface area contributed by atoms with Crippen LogP contribution in [0, 0.1) is 42.2 Å². The van der Waals surface area contributed by atoms with Gasteiger partial charge in [-0.25, -0.2) is 9.67 Å². The maximum atomic E-state index is 11.0. The van der Waals surface area contributed by atoms with E-state index < -0.39 is 4.92 Å². The quantitative estimate of drug-likeness (QED) is 0.605. The number of nitro groups is 1. The summed E-state index contributed by atoms with van der Waals surface area (Å²) in [6.45, 7) is 4.93. The van der Waals surface area contributed by atoms with E-state index in [0.717, 1.165) is 5.56 Å². The van der Waals surface area contributed by atoms with Gasteiger partial charge in [-0.15, -0.1) is 0 Å². The summed E-state index contributed by atoms with van der Waals surface area (Å²) in [4.78, 5) is 14.6. The molecular formula is C12H11N5O2. The van der Waals surface area contributed by atoms with E-state index >= 15 is 0 Å². The van der Waals surface area contributed by atoms with E-state index in [4.69, 9.17) is 0 Å². The molecule has 2 heterocycles. The SMILES string of the molecule is Cc1ccnc(-n2nc(C)c([N+](=O)[O-])c2C)c1C#N. The Morgan fingerprint density at radius 3 is 2.63 bits per heavy atom. The van der Waals surface area contributed by atoms with Crippen molar-refractivity contribution in [2.75, 3.05) is 0 Å². The molecule has 0 N–H and O–H groups in total. The lowest BCUT2D eigenvalue weighted by molar-refractivity contribution is -0.386. The molecule has 0 atom stereocenters. The molecule has 2 aromatic heterocycles. The third-order valence-electron chi connectivity index (χ3n) is 2.89. The standard InChI is InChI=1S/C12H11N5O2/c1-7-4-5-14-12(10(7)6-13)16-9(3)11(17(18)19)8(2)15-16/h4-5H,1-3H3. The van der Waals surface area contributed by atoms with E-state index in [1.165, 1.54) is 4.68 Å². The number of nitrogens with zero attached hydrogens (tertiary/aromatic N) is 5. The fraction of sp³-hybridized carbons (Fsp3) is 0.250. The van der Waals surface area contributed by atoms with Crippen molar-refractivity contribution < 1.29 is 4.92 Å². The van der Waals surface area contributed by atoms with Gasteiger partial charge in [-0.05, 0) is 32.4 Å². The Bertz CT molecular complexity index is 712. The fourth-order valence-electron chi connectivity index (χ4n) is 1.95. The summed E-state index contributed by atoms with van der Waals surface area (Å²) in [7, 11) is 0. The largest absolute Gasteiger partial charge is 0.313 e. The predicted octanol–water partition coefficient (Wildman–Crippen LogP) is 1.97. The average Bonchev–Trinajstić information content (AvgIpc) is 2.64. The van der Waals surface area contributed by atoms with Gasteiger partial charge in [0.05, 0.1) is 10.5 Å². The number of nitriles is 1. The summed E-state index contributed by atoms with van der Waals surface area (Å²) in [5.41, 5.74) is 1.73. The number of rotatable bonds is 2. The van der Waals surface area contributed by atoms with Crippen molar-refractivity contribution in [3.8, 4) is 11.9 Å². The van der Waals surface area contributed by atoms with Crippen LogP contribution in [0.15, 0.2) is 12.3 Å². The molecule has 0 amide bonds. The van der Waals surface area contributed by atoms with Crippen LogP contribution in [0.5, 0.6) is 0 Å². The van der Waals surface area contributed by atoms with E-state index in [1.807, 2.05) is 0 Å². The van der Waals surface area contributed by atoms with Crippen LogP contribution in [0.4, 0.5) is 5.69 Å². The van der Waals surface area contributed by atoms with Gasteiger partial charge in [-0.3, -0.25) is 10.1 Å². The first-order valence-corrected chi connectivity index (χ1v) is 5.54. The van der Waals surface area contributed by atoms with Crippen molar-refractivity contribution in [1.82, 2.24) is 14.8 Å². The van der Waals surface area contributed by atoms with Crippen molar-refractivity contribution >= 4 is 5.69 Å². The van der Waals surface area contributed by atoms with Gasteiger partial charge < -0.3 is 0 Å². The molecule has 0 fully saturated rings. The first-order valence-electron chi connectivity index (χ1n) is 5.54. The lowest BCUT2D eigenvalue weighted by atomic mass is 10.1. The molecule has 2 rings (SSSR count). The lowest BCUT2D eigenvalue weighted by Crippen LogP contribution is -2.06. The van der Waals surface area contributed by atoms with Crippen LogP contribution in [-0.4, -0.2) is 19.7 Å². The van der Waals surface area contributed by atoms with Crippen LogP contribution in [0.2, 0.25) is 0 Å². The average molecular weight is 257 g/mol. The maximum Gasteiger partial charge on any atom is 0.313 e. The molecule has 0 aliphatic heterocycles.